The monoisotopic (exact) mass is 479 g/mol. The average Bonchev–Trinajstić information content (AvgIpc) is 3.26. The van der Waals surface area contributed by atoms with Crippen LogP contribution in [0.4, 0.5) is 5.69 Å². The Labute approximate surface area is 205 Å². The van der Waals surface area contributed by atoms with Crippen molar-refractivity contribution in [1.82, 2.24) is 9.88 Å². The third-order valence-electron chi connectivity index (χ3n) is 6.24. The minimum absolute atomic E-state index is 0.0759. The number of hydrogen-bond donors (Lipinski definition) is 2. The van der Waals surface area contributed by atoms with Crippen LogP contribution >= 0.6 is 11.3 Å². The minimum Gasteiger partial charge on any atom is -0.489 e. The molecular weight excluding hydrogens is 446 g/mol. The van der Waals surface area contributed by atoms with E-state index in [1.807, 2.05) is 38.2 Å². The van der Waals surface area contributed by atoms with Gasteiger partial charge in [-0.3, -0.25) is 4.79 Å². The number of anilines is 1. The number of likely N-dealkylation sites (tertiary alicyclic amines) is 1. The zero-order chi connectivity index (χ0) is 24.2. The molecule has 0 aliphatic carbocycles. The Morgan fingerprint density at radius 2 is 2.09 bits per heavy atom. The summed E-state index contributed by atoms with van der Waals surface area (Å²) >= 11 is 1.68. The summed E-state index contributed by atoms with van der Waals surface area (Å²) in [7, 11) is 0. The van der Waals surface area contributed by atoms with Gasteiger partial charge in [0.15, 0.2) is 0 Å². The fourth-order valence-electron chi connectivity index (χ4n) is 4.49. The third kappa shape index (κ3) is 5.42. The first-order chi connectivity index (χ1) is 16.4. The van der Waals surface area contributed by atoms with Crippen molar-refractivity contribution in [3.63, 3.8) is 0 Å². The molecule has 0 amide bonds. The molecule has 0 unspecified atom stereocenters. The van der Waals surface area contributed by atoms with E-state index in [0.29, 0.717) is 24.5 Å². The van der Waals surface area contributed by atoms with Crippen LogP contribution in [-0.2, 0) is 17.6 Å². The van der Waals surface area contributed by atoms with Gasteiger partial charge in [0, 0.05) is 24.8 Å². The van der Waals surface area contributed by atoms with Crippen molar-refractivity contribution in [1.29, 1.82) is 0 Å². The lowest BCUT2D eigenvalue weighted by atomic mass is 9.94. The van der Waals surface area contributed by atoms with Crippen molar-refractivity contribution in [3.8, 4) is 26.8 Å². The Morgan fingerprint density at radius 1 is 1.29 bits per heavy atom. The fourth-order valence-corrected chi connectivity index (χ4v) is 5.46. The molecule has 1 saturated heterocycles. The number of aromatic nitrogens is 1. The van der Waals surface area contributed by atoms with Crippen LogP contribution in [0.1, 0.15) is 38.3 Å². The smallest absolute Gasteiger partial charge is 0.309 e. The Hall–Kier alpha value is -2.90. The van der Waals surface area contributed by atoms with Gasteiger partial charge in [-0.15, -0.1) is 11.3 Å². The number of rotatable bonds is 10. The molecule has 0 saturated carbocycles. The van der Waals surface area contributed by atoms with Crippen molar-refractivity contribution < 1.29 is 14.6 Å². The average molecular weight is 480 g/mol. The minimum atomic E-state index is -0.677. The quantitative estimate of drug-likeness (QED) is 0.381. The maximum atomic E-state index is 11.0. The molecule has 1 aliphatic heterocycles. The first-order valence-electron chi connectivity index (χ1n) is 11.9. The molecule has 1 aromatic heterocycles. The van der Waals surface area contributed by atoms with Gasteiger partial charge in [-0.05, 0) is 74.5 Å². The highest BCUT2D eigenvalue weighted by atomic mass is 32.1. The summed E-state index contributed by atoms with van der Waals surface area (Å²) in [5, 5.41) is 9.99. The van der Waals surface area contributed by atoms with Crippen LogP contribution in [0.25, 0.3) is 21.0 Å². The van der Waals surface area contributed by atoms with Gasteiger partial charge in [-0.2, -0.15) is 0 Å². The standard InChI is InChI=1S/C27H33N3O3S/c1-4-21-18(8-6-12-30-15-20(16-30)27(31)32)7-5-9-22(21)25-14-29-26(34-25)19-10-11-24(23(28)13-19)33-17(2)3/h5,7,9-11,13-14,17,20H,4,6,8,12,15-16,28H2,1-3H3,(H,31,32). The molecule has 7 heteroatoms. The molecule has 0 spiro atoms. The molecular formula is C27H33N3O3S. The Balaban J connectivity index is 1.46. The van der Waals surface area contributed by atoms with Crippen molar-refractivity contribution in [3.05, 3.63) is 53.7 Å². The number of carboxylic acid groups (broad SMARTS) is 1. The summed E-state index contributed by atoms with van der Waals surface area (Å²) in [5.41, 5.74) is 11.8. The van der Waals surface area contributed by atoms with Crippen LogP contribution in [0.15, 0.2) is 42.6 Å². The predicted molar refractivity (Wildman–Crippen MR) is 138 cm³/mol. The molecule has 4 rings (SSSR count). The van der Waals surface area contributed by atoms with Crippen LogP contribution in [0.2, 0.25) is 0 Å². The molecule has 0 radical (unpaired) electrons. The molecule has 3 N–H and O–H groups in total. The Morgan fingerprint density at radius 3 is 2.76 bits per heavy atom. The van der Waals surface area contributed by atoms with E-state index in [9.17, 15) is 4.79 Å². The molecule has 3 aromatic rings. The number of ether oxygens (including phenoxy) is 1. The highest BCUT2D eigenvalue weighted by molar-refractivity contribution is 7.18. The normalized spacial score (nSPS) is 14.4. The number of hydrogen-bond acceptors (Lipinski definition) is 6. The van der Waals surface area contributed by atoms with E-state index in [1.54, 1.807) is 11.3 Å². The van der Waals surface area contributed by atoms with E-state index in [-0.39, 0.29) is 12.0 Å². The zero-order valence-corrected chi connectivity index (χ0v) is 20.9. The molecule has 2 aromatic carbocycles. The van der Waals surface area contributed by atoms with Crippen LogP contribution in [-0.4, -0.2) is 46.7 Å². The number of nitrogen functional groups attached to an aromatic ring is 1. The van der Waals surface area contributed by atoms with Crippen LogP contribution in [0, 0.1) is 5.92 Å². The number of aryl methyl sites for hydroxylation is 1. The first kappa shape index (κ1) is 24.2. The predicted octanol–water partition coefficient (Wildman–Crippen LogP) is 5.36. The van der Waals surface area contributed by atoms with Gasteiger partial charge in [-0.1, -0.05) is 25.1 Å². The van der Waals surface area contributed by atoms with Gasteiger partial charge in [0.2, 0.25) is 0 Å². The lowest BCUT2D eigenvalue weighted by Gasteiger charge is -2.36. The van der Waals surface area contributed by atoms with E-state index >= 15 is 0 Å². The second-order valence-electron chi connectivity index (χ2n) is 9.14. The number of benzene rings is 2. The summed E-state index contributed by atoms with van der Waals surface area (Å²) in [4.78, 5) is 19.1. The lowest BCUT2D eigenvalue weighted by Crippen LogP contribution is -2.50. The number of thiazole rings is 1. The van der Waals surface area contributed by atoms with Crippen molar-refractivity contribution in [2.24, 2.45) is 5.92 Å². The lowest BCUT2D eigenvalue weighted by molar-refractivity contribution is -0.147. The topological polar surface area (TPSA) is 88.7 Å². The molecule has 0 atom stereocenters. The van der Waals surface area contributed by atoms with Gasteiger partial charge in [0.05, 0.1) is 22.6 Å². The maximum Gasteiger partial charge on any atom is 0.309 e. The first-order valence-corrected chi connectivity index (χ1v) is 12.8. The largest absolute Gasteiger partial charge is 0.489 e. The molecule has 6 nitrogen and oxygen atoms in total. The van der Waals surface area contributed by atoms with Crippen molar-refractivity contribution in [2.75, 3.05) is 25.4 Å². The number of nitrogens with zero attached hydrogens (tertiary/aromatic N) is 2. The van der Waals surface area contributed by atoms with Gasteiger partial charge in [-0.25, -0.2) is 4.98 Å². The van der Waals surface area contributed by atoms with Gasteiger partial charge in [0.1, 0.15) is 10.8 Å². The molecule has 0 bridgehead atoms. The summed E-state index contributed by atoms with van der Waals surface area (Å²) in [6.07, 6.45) is 5.01. The SMILES string of the molecule is CCc1c(CCCN2CC(C(=O)O)C2)cccc1-c1cnc(-c2ccc(OC(C)C)c(N)c2)s1. The highest BCUT2D eigenvalue weighted by Gasteiger charge is 2.31. The second kappa shape index (κ2) is 10.6. The fraction of sp³-hybridized carbons (Fsp3) is 0.407. The molecule has 180 valence electrons. The van der Waals surface area contributed by atoms with Gasteiger partial charge >= 0.3 is 5.97 Å². The second-order valence-corrected chi connectivity index (χ2v) is 10.2. The van der Waals surface area contributed by atoms with Crippen LogP contribution in [0.3, 0.4) is 0 Å². The number of carbonyl (C=O) groups is 1. The van der Waals surface area contributed by atoms with E-state index in [4.69, 9.17) is 20.6 Å². The number of nitrogens with two attached hydrogens (primary N) is 1. The highest BCUT2D eigenvalue weighted by Crippen LogP contribution is 2.37. The number of carboxylic acids is 1. The molecule has 1 fully saturated rings. The zero-order valence-electron chi connectivity index (χ0n) is 20.1. The van der Waals surface area contributed by atoms with Crippen molar-refractivity contribution >= 4 is 23.0 Å². The maximum absolute atomic E-state index is 11.0. The van der Waals surface area contributed by atoms with Crippen LogP contribution in [0.5, 0.6) is 5.75 Å². The number of aliphatic carboxylic acids is 1. The molecule has 1 aliphatic rings. The van der Waals surface area contributed by atoms with Gasteiger partial charge < -0.3 is 20.5 Å². The van der Waals surface area contributed by atoms with Gasteiger partial charge in [0.25, 0.3) is 0 Å². The van der Waals surface area contributed by atoms with E-state index in [0.717, 1.165) is 41.3 Å². The van der Waals surface area contributed by atoms with E-state index < -0.39 is 5.97 Å². The molecule has 2 heterocycles. The van der Waals surface area contributed by atoms with E-state index in [2.05, 4.69) is 30.0 Å². The van der Waals surface area contributed by atoms with E-state index in [1.165, 1.54) is 16.7 Å². The van der Waals surface area contributed by atoms with Crippen LogP contribution < -0.4 is 10.5 Å². The summed E-state index contributed by atoms with van der Waals surface area (Å²) in [6.45, 7) is 8.47. The van der Waals surface area contributed by atoms with Crippen molar-refractivity contribution in [2.45, 2.75) is 46.1 Å². The third-order valence-corrected chi connectivity index (χ3v) is 7.32. The summed E-state index contributed by atoms with van der Waals surface area (Å²) in [5.74, 6) is -0.166. The Bertz CT molecular complexity index is 1150. The summed E-state index contributed by atoms with van der Waals surface area (Å²) in [6, 6.07) is 12.4. The Kier molecular flexibility index (Phi) is 7.54. The molecule has 34 heavy (non-hydrogen) atoms. The summed E-state index contributed by atoms with van der Waals surface area (Å²) < 4.78 is 5.76.